The number of hydrogen-bond acceptors (Lipinski definition) is 3. The van der Waals surface area contributed by atoms with Crippen molar-refractivity contribution in [2.24, 2.45) is 0 Å². The standard InChI is InChI=1S/C21H16F3NO2/c1-2-16-8-9-17(12-19(16)27-21(22,23)24)18-10-11-20(25-13-18)26-14-15-6-4-3-5-7-15/h2-13H,1,14H2. The average molecular weight is 371 g/mol. The third-order valence-corrected chi connectivity index (χ3v) is 3.76. The Balaban J connectivity index is 1.76. The lowest BCUT2D eigenvalue weighted by Crippen LogP contribution is -2.17. The van der Waals surface area contributed by atoms with E-state index in [2.05, 4.69) is 16.3 Å². The van der Waals surface area contributed by atoms with Gasteiger partial charge in [-0.05, 0) is 23.3 Å². The number of benzene rings is 2. The van der Waals surface area contributed by atoms with Gasteiger partial charge in [0.2, 0.25) is 5.88 Å². The summed E-state index contributed by atoms with van der Waals surface area (Å²) in [4.78, 5) is 4.21. The second-order valence-corrected chi connectivity index (χ2v) is 5.66. The largest absolute Gasteiger partial charge is 0.573 e. The van der Waals surface area contributed by atoms with Gasteiger partial charge in [0.05, 0.1) is 0 Å². The number of pyridine rings is 1. The molecule has 0 aliphatic heterocycles. The van der Waals surface area contributed by atoms with Gasteiger partial charge in [-0.3, -0.25) is 0 Å². The molecule has 6 heteroatoms. The number of ether oxygens (including phenoxy) is 2. The first-order valence-electron chi connectivity index (χ1n) is 8.10. The van der Waals surface area contributed by atoms with Crippen LogP contribution < -0.4 is 9.47 Å². The number of aromatic nitrogens is 1. The van der Waals surface area contributed by atoms with E-state index in [1.807, 2.05) is 30.3 Å². The van der Waals surface area contributed by atoms with Crippen LogP contribution in [0.4, 0.5) is 13.2 Å². The molecule has 1 heterocycles. The summed E-state index contributed by atoms with van der Waals surface area (Å²) in [5.74, 6) is 0.122. The van der Waals surface area contributed by atoms with Crippen LogP contribution >= 0.6 is 0 Å². The summed E-state index contributed by atoms with van der Waals surface area (Å²) < 4.78 is 47.4. The molecule has 0 N–H and O–H groups in total. The Morgan fingerprint density at radius 2 is 1.70 bits per heavy atom. The number of halogens is 3. The van der Waals surface area contributed by atoms with Gasteiger partial charge in [0.25, 0.3) is 0 Å². The van der Waals surface area contributed by atoms with E-state index < -0.39 is 6.36 Å². The molecule has 0 spiro atoms. The zero-order valence-corrected chi connectivity index (χ0v) is 14.2. The molecule has 27 heavy (non-hydrogen) atoms. The first kappa shape index (κ1) is 18.5. The van der Waals surface area contributed by atoms with Crippen LogP contribution in [-0.2, 0) is 6.61 Å². The van der Waals surface area contributed by atoms with Gasteiger partial charge in [0.15, 0.2) is 0 Å². The van der Waals surface area contributed by atoms with Crippen LogP contribution in [0.3, 0.4) is 0 Å². The van der Waals surface area contributed by atoms with Crippen molar-refractivity contribution in [2.75, 3.05) is 0 Å². The lowest BCUT2D eigenvalue weighted by Gasteiger charge is -2.13. The highest BCUT2D eigenvalue weighted by Crippen LogP contribution is 2.32. The average Bonchev–Trinajstić information content (AvgIpc) is 2.66. The smallest absolute Gasteiger partial charge is 0.473 e. The van der Waals surface area contributed by atoms with E-state index in [1.54, 1.807) is 24.4 Å². The van der Waals surface area contributed by atoms with Gasteiger partial charge in [-0.2, -0.15) is 0 Å². The van der Waals surface area contributed by atoms with Crippen molar-refractivity contribution in [1.82, 2.24) is 4.98 Å². The molecule has 0 bridgehead atoms. The Morgan fingerprint density at radius 3 is 2.33 bits per heavy atom. The number of rotatable bonds is 6. The van der Waals surface area contributed by atoms with E-state index in [0.29, 0.717) is 23.6 Å². The van der Waals surface area contributed by atoms with Crippen molar-refractivity contribution in [1.29, 1.82) is 0 Å². The molecule has 0 amide bonds. The summed E-state index contributed by atoms with van der Waals surface area (Å²) in [5.41, 5.74) is 2.45. The fraction of sp³-hybridized carbons (Fsp3) is 0.0952. The summed E-state index contributed by atoms with van der Waals surface area (Å²) in [7, 11) is 0. The van der Waals surface area contributed by atoms with Crippen molar-refractivity contribution >= 4 is 6.08 Å². The molecule has 3 aromatic rings. The van der Waals surface area contributed by atoms with Gasteiger partial charge < -0.3 is 9.47 Å². The molecule has 2 aromatic carbocycles. The van der Waals surface area contributed by atoms with Crippen molar-refractivity contribution in [3.8, 4) is 22.8 Å². The number of nitrogens with zero attached hydrogens (tertiary/aromatic N) is 1. The van der Waals surface area contributed by atoms with Crippen molar-refractivity contribution < 1.29 is 22.6 Å². The maximum atomic E-state index is 12.6. The predicted octanol–water partition coefficient (Wildman–Crippen LogP) is 5.87. The quantitative estimate of drug-likeness (QED) is 0.543. The third-order valence-electron chi connectivity index (χ3n) is 3.76. The van der Waals surface area contributed by atoms with Gasteiger partial charge in [-0.15, -0.1) is 13.2 Å². The first-order chi connectivity index (χ1) is 12.9. The minimum atomic E-state index is -4.77. The Morgan fingerprint density at radius 1 is 0.963 bits per heavy atom. The highest BCUT2D eigenvalue weighted by atomic mass is 19.4. The molecular formula is C21H16F3NO2. The molecule has 0 fully saturated rings. The number of alkyl halides is 3. The maximum absolute atomic E-state index is 12.6. The Labute approximate surface area is 154 Å². The summed E-state index contributed by atoms with van der Waals surface area (Å²) >= 11 is 0. The zero-order valence-electron chi connectivity index (χ0n) is 14.2. The molecule has 0 saturated carbocycles. The van der Waals surface area contributed by atoms with Crippen molar-refractivity contribution in [3.05, 3.63) is 84.6 Å². The zero-order chi connectivity index (χ0) is 19.3. The molecule has 0 radical (unpaired) electrons. The highest BCUT2D eigenvalue weighted by Gasteiger charge is 2.32. The molecule has 0 atom stereocenters. The summed E-state index contributed by atoms with van der Waals surface area (Å²) in [5, 5.41) is 0. The molecule has 3 rings (SSSR count). The van der Waals surface area contributed by atoms with Crippen LogP contribution in [0, 0.1) is 0 Å². The summed E-state index contributed by atoms with van der Waals surface area (Å²) in [6.07, 6.45) is -1.92. The molecule has 3 nitrogen and oxygen atoms in total. The first-order valence-corrected chi connectivity index (χ1v) is 8.10. The van der Waals surface area contributed by atoms with E-state index in [9.17, 15) is 13.2 Å². The van der Waals surface area contributed by atoms with Crippen LogP contribution in [0.25, 0.3) is 17.2 Å². The summed E-state index contributed by atoms with van der Waals surface area (Å²) in [6, 6.07) is 17.6. The van der Waals surface area contributed by atoms with Gasteiger partial charge in [0, 0.05) is 23.4 Å². The van der Waals surface area contributed by atoms with Gasteiger partial charge in [0.1, 0.15) is 12.4 Å². The van der Waals surface area contributed by atoms with Gasteiger partial charge in [-0.25, -0.2) is 4.98 Å². The van der Waals surface area contributed by atoms with Crippen LogP contribution in [0.15, 0.2) is 73.4 Å². The van der Waals surface area contributed by atoms with Crippen LogP contribution in [0.5, 0.6) is 11.6 Å². The maximum Gasteiger partial charge on any atom is 0.573 e. The Hall–Kier alpha value is -3.28. The predicted molar refractivity (Wildman–Crippen MR) is 97.2 cm³/mol. The topological polar surface area (TPSA) is 31.4 Å². The molecular weight excluding hydrogens is 355 g/mol. The van der Waals surface area contributed by atoms with E-state index in [0.717, 1.165) is 5.56 Å². The molecule has 138 valence electrons. The second-order valence-electron chi connectivity index (χ2n) is 5.66. The minimum absolute atomic E-state index is 0.256. The molecule has 0 unspecified atom stereocenters. The van der Waals surface area contributed by atoms with Crippen molar-refractivity contribution in [3.63, 3.8) is 0 Å². The fourth-order valence-corrected chi connectivity index (χ4v) is 2.46. The summed E-state index contributed by atoms with van der Waals surface area (Å²) in [6.45, 7) is 3.88. The van der Waals surface area contributed by atoms with Crippen LogP contribution in [-0.4, -0.2) is 11.3 Å². The second kappa shape index (κ2) is 7.95. The van der Waals surface area contributed by atoms with Crippen LogP contribution in [0.2, 0.25) is 0 Å². The van der Waals surface area contributed by atoms with Gasteiger partial charge >= 0.3 is 6.36 Å². The minimum Gasteiger partial charge on any atom is -0.473 e. The van der Waals surface area contributed by atoms with E-state index in [-0.39, 0.29) is 11.3 Å². The van der Waals surface area contributed by atoms with Crippen molar-refractivity contribution in [2.45, 2.75) is 13.0 Å². The molecule has 0 saturated heterocycles. The molecule has 0 aliphatic rings. The third kappa shape index (κ3) is 5.10. The van der Waals surface area contributed by atoms with E-state index >= 15 is 0 Å². The van der Waals surface area contributed by atoms with E-state index in [1.165, 1.54) is 18.2 Å². The molecule has 0 aliphatic carbocycles. The Bertz CT molecular complexity index is 907. The van der Waals surface area contributed by atoms with Gasteiger partial charge in [-0.1, -0.05) is 55.1 Å². The highest BCUT2D eigenvalue weighted by molar-refractivity contribution is 5.69. The number of hydrogen-bond donors (Lipinski definition) is 0. The molecule has 1 aromatic heterocycles. The SMILES string of the molecule is C=Cc1ccc(-c2ccc(OCc3ccccc3)nc2)cc1OC(F)(F)F. The Kier molecular flexibility index (Phi) is 5.45. The van der Waals surface area contributed by atoms with E-state index in [4.69, 9.17) is 4.74 Å². The monoisotopic (exact) mass is 371 g/mol. The fourth-order valence-electron chi connectivity index (χ4n) is 2.46. The van der Waals surface area contributed by atoms with Crippen LogP contribution in [0.1, 0.15) is 11.1 Å². The lowest BCUT2D eigenvalue weighted by atomic mass is 10.0. The lowest BCUT2D eigenvalue weighted by molar-refractivity contribution is -0.274. The normalized spacial score (nSPS) is 11.1.